The molecule has 0 aliphatic carbocycles. The minimum atomic E-state index is -0.551. The maximum absolute atomic E-state index is 9.35. The summed E-state index contributed by atoms with van der Waals surface area (Å²) in [6, 6.07) is 1.73. The van der Waals surface area contributed by atoms with Crippen LogP contribution in [0.2, 0.25) is 0 Å². The highest BCUT2D eigenvalue weighted by Crippen LogP contribution is 2.16. The summed E-state index contributed by atoms with van der Waals surface area (Å²) in [5.41, 5.74) is 0.717. The highest BCUT2D eigenvalue weighted by Gasteiger charge is 2.02. The second kappa shape index (κ2) is 7.16. The highest BCUT2D eigenvalue weighted by atomic mass is 16.7. The van der Waals surface area contributed by atoms with E-state index in [-0.39, 0.29) is 6.79 Å². The monoisotopic (exact) mass is 227 g/mol. The Hall–Kier alpha value is -1.17. The molecule has 1 N–H and O–H groups in total. The average Bonchev–Trinajstić information content (AvgIpc) is 2.29. The fraction of sp³-hybridized carbons (Fsp3) is 0.545. The molecule has 0 radical (unpaired) electrons. The summed E-state index contributed by atoms with van der Waals surface area (Å²) in [6.45, 7) is 2.85. The highest BCUT2D eigenvalue weighted by molar-refractivity contribution is 5.24. The minimum Gasteiger partial charge on any atom is -0.466 e. The van der Waals surface area contributed by atoms with E-state index < -0.39 is 6.10 Å². The molecule has 1 aromatic heterocycles. The van der Waals surface area contributed by atoms with Crippen molar-refractivity contribution >= 4 is 0 Å². The van der Waals surface area contributed by atoms with Gasteiger partial charge in [-0.2, -0.15) is 0 Å². The topological polar surface area (TPSA) is 60.8 Å². The molecule has 1 atom stereocenters. The molecule has 0 aliphatic rings. The van der Waals surface area contributed by atoms with E-state index in [1.54, 1.807) is 32.5 Å². The van der Waals surface area contributed by atoms with Crippen LogP contribution in [0.15, 0.2) is 18.5 Å². The summed E-state index contributed by atoms with van der Waals surface area (Å²) in [5, 5.41) is 9.35. The van der Waals surface area contributed by atoms with Crippen molar-refractivity contribution in [2.24, 2.45) is 0 Å². The van der Waals surface area contributed by atoms with Gasteiger partial charge in [-0.1, -0.05) is 0 Å². The van der Waals surface area contributed by atoms with E-state index >= 15 is 0 Å². The Kier molecular flexibility index (Phi) is 5.77. The van der Waals surface area contributed by atoms with Gasteiger partial charge in [0.25, 0.3) is 0 Å². The zero-order chi connectivity index (χ0) is 11.8. The van der Waals surface area contributed by atoms with Gasteiger partial charge in [0.15, 0.2) is 6.79 Å². The third kappa shape index (κ3) is 4.57. The Balaban J connectivity index is 2.33. The Morgan fingerprint density at radius 3 is 2.88 bits per heavy atom. The van der Waals surface area contributed by atoms with Gasteiger partial charge in [0.1, 0.15) is 5.75 Å². The second-order valence-electron chi connectivity index (χ2n) is 3.29. The van der Waals surface area contributed by atoms with Crippen LogP contribution in [0.5, 0.6) is 5.75 Å². The lowest BCUT2D eigenvalue weighted by molar-refractivity contribution is -0.00873. The van der Waals surface area contributed by atoms with E-state index in [0.29, 0.717) is 19.0 Å². The Morgan fingerprint density at radius 1 is 1.38 bits per heavy atom. The molecule has 5 nitrogen and oxygen atoms in total. The van der Waals surface area contributed by atoms with Gasteiger partial charge in [0.05, 0.1) is 25.5 Å². The third-order valence-corrected chi connectivity index (χ3v) is 1.96. The molecule has 0 spiro atoms. The fourth-order valence-electron chi connectivity index (χ4n) is 1.05. The van der Waals surface area contributed by atoms with Crippen molar-refractivity contribution in [2.45, 2.75) is 13.0 Å². The molecule has 1 rings (SSSR count). The molecule has 0 saturated carbocycles. The number of rotatable bonds is 7. The maximum Gasteiger partial charge on any atom is 0.189 e. The molecular weight excluding hydrogens is 210 g/mol. The lowest BCUT2D eigenvalue weighted by Crippen LogP contribution is -2.08. The minimum absolute atomic E-state index is 0.147. The van der Waals surface area contributed by atoms with Crippen LogP contribution in [0.4, 0.5) is 0 Å². The standard InChI is InChI=1S/C11H17NO4/c1-9(13)10-5-11(7-12-6-10)16-8-15-4-3-14-2/h5-7,9,13H,3-4,8H2,1-2H3. The molecule has 0 aromatic carbocycles. The van der Waals surface area contributed by atoms with Crippen LogP contribution in [0.1, 0.15) is 18.6 Å². The quantitative estimate of drug-likeness (QED) is 0.559. The third-order valence-electron chi connectivity index (χ3n) is 1.96. The molecule has 90 valence electrons. The lowest BCUT2D eigenvalue weighted by atomic mass is 10.2. The number of pyridine rings is 1. The van der Waals surface area contributed by atoms with Gasteiger partial charge < -0.3 is 19.3 Å². The number of aliphatic hydroxyl groups excluding tert-OH is 1. The van der Waals surface area contributed by atoms with E-state index in [4.69, 9.17) is 14.2 Å². The van der Waals surface area contributed by atoms with Crippen LogP contribution < -0.4 is 4.74 Å². The molecule has 0 amide bonds. The predicted molar refractivity (Wildman–Crippen MR) is 58.2 cm³/mol. The number of methoxy groups -OCH3 is 1. The van der Waals surface area contributed by atoms with Crippen LogP contribution in [0.3, 0.4) is 0 Å². The summed E-state index contributed by atoms with van der Waals surface area (Å²) < 4.78 is 15.3. The smallest absolute Gasteiger partial charge is 0.189 e. The van der Waals surface area contributed by atoms with E-state index in [1.165, 1.54) is 0 Å². The van der Waals surface area contributed by atoms with E-state index in [2.05, 4.69) is 4.98 Å². The van der Waals surface area contributed by atoms with Crippen LogP contribution in [0.25, 0.3) is 0 Å². The molecule has 16 heavy (non-hydrogen) atoms. The number of ether oxygens (including phenoxy) is 3. The lowest BCUT2D eigenvalue weighted by Gasteiger charge is -2.09. The first-order valence-corrected chi connectivity index (χ1v) is 5.06. The summed E-state index contributed by atoms with van der Waals surface area (Å²) in [4.78, 5) is 3.96. The molecule has 1 aromatic rings. The van der Waals surface area contributed by atoms with Gasteiger partial charge in [0.2, 0.25) is 0 Å². The van der Waals surface area contributed by atoms with Crippen molar-refractivity contribution in [1.82, 2.24) is 4.98 Å². The molecule has 0 bridgehead atoms. The van der Waals surface area contributed by atoms with Crippen molar-refractivity contribution in [2.75, 3.05) is 27.1 Å². The van der Waals surface area contributed by atoms with Crippen LogP contribution >= 0.6 is 0 Å². The normalized spacial score (nSPS) is 12.4. The molecule has 1 unspecified atom stereocenters. The molecule has 0 aliphatic heterocycles. The molecule has 5 heteroatoms. The number of aliphatic hydroxyl groups is 1. The van der Waals surface area contributed by atoms with Gasteiger partial charge in [-0.25, -0.2) is 0 Å². The largest absolute Gasteiger partial charge is 0.466 e. The van der Waals surface area contributed by atoms with Crippen molar-refractivity contribution in [3.63, 3.8) is 0 Å². The number of aromatic nitrogens is 1. The fourth-order valence-corrected chi connectivity index (χ4v) is 1.05. The summed E-state index contributed by atoms with van der Waals surface area (Å²) in [6.07, 6.45) is 2.62. The van der Waals surface area contributed by atoms with Gasteiger partial charge in [-0.05, 0) is 13.0 Å². The summed E-state index contributed by atoms with van der Waals surface area (Å²) in [5.74, 6) is 0.579. The van der Waals surface area contributed by atoms with Gasteiger partial charge >= 0.3 is 0 Å². The van der Waals surface area contributed by atoms with E-state index in [0.717, 1.165) is 5.56 Å². The van der Waals surface area contributed by atoms with Gasteiger partial charge in [0, 0.05) is 18.9 Å². The first kappa shape index (κ1) is 12.9. The predicted octanol–water partition coefficient (Wildman–Crippen LogP) is 1.13. The van der Waals surface area contributed by atoms with Crippen molar-refractivity contribution in [3.8, 4) is 5.75 Å². The van der Waals surface area contributed by atoms with Crippen molar-refractivity contribution < 1.29 is 19.3 Å². The zero-order valence-electron chi connectivity index (χ0n) is 9.55. The van der Waals surface area contributed by atoms with Crippen LogP contribution in [-0.2, 0) is 9.47 Å². The van der Waals surface area contributed by atoms with E-state index in [9.17, 15) is 5.11 Å². The Morgan fingerprint density at radius 2 is 2.19 bits per heavy atom. The van der Waals surface area contributed by atoms with E-state index in [1.807, 2.05) is 0 Å². The SMILES string of the molecule is COCCOCOc1cncc(C(C)O)c1. The first-order chi connectivity index (χ1) is 7.74. The molecule has 1 heterocycles. The summed E-state index contributed by atoms with van der Waals surface area (Å²) in [7, 11) is 1.61. The molecule has 0 saturated heterocycles. The number of nitrogens with zero attached hydrogens (tertiary/aromatic N) is 1. The first-order valence-electron chi connectivity index (χ1n) is 5.06. The zero-order valence-corrected chi connectivity index (χ0v) is 9.55. The van der Waals surface area contributed by atoms with Crippen LogP contribution in [-0.4, -0.2) is 37.2 Å². The van der Waals surface area contributed by atoms with Gasteiger partial charge in [-0.15, -0.1) is 0 Å². The van der Waals surface area contributed by atoms with Gasteiger partial charge in [-0.3, -0.25) is 4.98 Å². The van der Waals surface area contributed by atoms with Crippen LogP contribution in [0, 0.1) is 0 Å². The average molecular weight is 227 g/mol. The molecular formula is C11H17NO4. The Bertz CT molecular complexity index is 304. The number of hydrogen-bond donors (Lipinski definition) is 1. The number of hydrogen-bond acceptors (Lipinski definition) is 5. The summed E-state index contributed by atoms with van der Waals surface area (Å²) >= 11 is 0. The second-order valence-corrected chi connectivity index (χ2v) is 3.29. The Labute approximate surface area is 95.0 Å². The maximum atomic E-state index is 9.35. The molecule has 0 fully saturated rings. The van der Waals surface area contributed by atoms with Crippen molar-refractivity contribution in [3.05, 3.63) is 24.0 Å². The van der Waals surface area contributed by atoms with Crippen molar-refractivity contribution in [1.29, 1.82) is 0 Å².